The molecule has 21 heavy (non-hydrogen) atoms. The van der Waals surface area contributed by atoms with Crippen molar-refractivity contribution in [1.29, 1.82) is 0 Å². The lowest BCUT2D eigenvalue weighted by Crippen LogP contribution is -2.14. The summed E-state index contributed by atoms with van der Waals surface area (Å²) in [5.74, 6) is -0.490. The minimum Gasteiger partial charge on any atom is -0.507 e. The van der Waals surface area contributed by atoms with Gasteiger partial charge in [-0.25, -0.2) is 0 Å². The third kappa shape index (κ3) is 2.95. The lowest BCUT2D eigenvalue weighted by Gasteiger charge is -2.19. The summed E-state index contributed by atoms with van der Waals surface area (Å²) in [4.78, 5) is 12.2. The molecule has 0 saturated heterocycles. The van der Waals surface area contributed by atoms with E-state index in [-0.39, 0.29) is 17.2 Å². The van der Waals surface area contributed by atoms with E-state index in [4.69, 9.17) is 11.6 Å². The Morgan fingerprint density at radius 1 is 1.24 bits per heavy atom. The lowest BCUT2D eigenvalue weighted by atomic mass is 10.0. The number of carbonyl (C=O) groups excluding carboxylic acids is 1. The molecule has 0 unspecified atom stereocenters. The van der Waals surface area contributed by atoms with Crippen LogP contribution in [0, 0.1) is 0 Å². The molecule has 0 fully saturated rings. The predicted octanol–water partition coefficient (Wildman–Crippen LogP) is 3.66. The Morgan fingerprint density at radius 2 is 2.10 bits per heavy atom. The number of aryl methyl sites for hydroxylation is 1. The fraction of sp³-hybridized carbons (Fsp3) is 0.188. The van der Waals surface area contributed by atoms with Crippen LogP contribution < -0.4 is 10.6 Å². The Kier molecular flexibility index (Phi) is 3.71. The van der Waals surface area contributed by atoms with Gasteiger partial charge in [0, 0.05) is 22.9 Å². The van der Waals surface area contributed by atoms with Crippen LogP contribution in [0.2, 0.25) is 5.02 Å². The average molecular weight is 303 g/mol. The number of anilines is 2. The van der Waals surface area contributed by atoms with Crippen LogP contribution in [0.4, 0.5) is 11.4 Å². The van der Waals surface area contributed by atoms with Crippen molar-refractivity contribution in [2.75, 3.05) is 17.2 Å². The molecule has 0 atom stereocenters. The second-order valence-electron chi connectivity index (χ2n) is 5.02. The molecule has 1 amide bonds. The fourth-order valence-corrected chi connectivity index (χ4v) is 2.60. The Labute approximate surface area is 127 Å². The number of carbonyl (C=O) groups is 1. The molecule has 3 N–H and O–H groups in total. The molecule has 2 aromatic rings. The molecule has 0 spiro atoms. The minimum absolute atomic E-state index is 0.129. The lowest BCUT2D eigenvalue weighted by molar-refractivity contribution is 0.102. The molecule has 0 radical (unpaired) electrons. The second kappa shape index (κ2) is 5.66. The number of aromatic hydroxyl groups is 1. The molecule has 0 aromatic heterocycles. The number of fused-ring (bicyclic) bond motifs is 1. The van der Waals surface area contributed by atoms with Crippen molar-refractivity contribution in [2.24, 2.45) is 0 Å². The maximum Gasteiger partial charge on any atom is 0.259 e. The van der Waals surface area contributed by atoms with E-state index < -0.39 is 0 Å². The van der Waals surface area contributed by atoms with E-state index in [1.54, 1.807) is 6.07 Å². The zero-order chi connectivity index (χ0) is 14.8. The average Bonchev–Trinajstić information content (AvgIpc) is 2.47. The van der Waals surface area contributed by atoms with Crippen LogP contribution in [0.3, 0.4) is 0 Å². The first-order chi connectivity index (χ1) is 10.1. The summed E-state index contributed by atoms with van der Waals surface area (Å²) in [6.45, 7) is 0.947. The molecule has 3 rings (SSSR count). The van der Waals surface area contributed by atoms with E-state index in [0.717, 1.165) is 25.1 Å². The zero-order valence-corrected chi connectivity index (χ0v) is 12.1. The normalized spacial score (nSPS) is 13.2. The smallest absolute Gasteiger partial charge is 0.259 e. The van der Waals surface area contributed by atoms with Crippen molar-refractivity contribution >= 4 is 28.9 Å². The van der Waals surface area contributed by atoms with E-state index in [2.05, 4.69) is 10.6 Å². The van der Waals surface area contributed by atoms with Gasteiger partial charge in [0.25, 0.3) is 5.91 Å². The molecule has 108 valence electrons. The molecule has 0 aliphatic carbocycles. The number of phenolic OH excluding ortho intramolecular Hbond substituents is 1. The zero-order valence-electron chi connectivity index (χ0n) is 11.3. The van der Waals surface area contributed by atoms with Crippen LogP contribution in [0.25, 0.3) is 0 Å². The molecule has 0 saturated carbocycles. The molecule has 1 aliphatic rings. The van der Waals surface area contributed by atoms with Gasteiger partial charge in [-0.2, -0.15) is 0 Å². The first-order valence-electron chi connectivity index (χ1n) is 6.80. The third-order valence-electron chi connectivity index (χ3n) is 3.51. The SMILES string of the molecule is O=C(Nc1ccc2c(c1)NCCC2)c1ccc(Cl)cc1O. The number of hydrogen-bond acceptors (Lipinski definition) is 3. The van der Waals surface area contributed by atoms with Gasteiger partial charge in [0.15, 0.2) is 0 Å². The quantitative estimate of drug-likeness (QED) is 0.793. The second-order valence-corrected chi connectivity index (χ2v) is 5.45. The number of nitrogens with one attached hydrogen (secondary N) is 2. The number of rotatable bonds is 2. The molecule has 4 nitrogen and oxygen atoms in total. The van der Waals surface area contributed by atoms with Crippen molar-refractivity contribution in [2.45, 2.75) is 12.8 Å². The molecular weight excluding hydrogens is 288 g/mol. The van der Waals surface area contributed by atoms with E-state index in [0.29, 0.717) is 10.7 Å². The van der Waals surface area contributed by atoms with E-state index >= 15 is 0 Å². The maximum atomic E-state index is 12.2. The van der Waals surface area contributed by atoms with Gasteiger partial charge in [0.1, 0.15) is 5.75 Å². The molecule has 1 aliphatic heterocycles. The Hall–Kier alpha value is -2.20. The standard InChI is InChI=1S/C16H15ClN2O2/c17-11-4-6-13(15(20)8-11)16(21)19-12-5-3-10-2-1-7-18-14(10)9-12/h3-6,8-9,18,20H,1-2,7H2,(H,19,21). The summed E-state index contributed by atoms with van der Waals surface area (Å²) < 4.78 is 0. The highest BCUT2D eigenvalue weighted by Gasteiger charge is 2.13. The van der Waals surface area contributed by atoms with Crippen LogP contribution in [0.15, 0.2) is 36.4 Å². The molecule has 2 aromatic carbocycles. The van der Waals surface area contributed by atoms with Crippen molar-refractivity contribution in [1.82, 2.24) is 0 Å². The summed E-state index contributed by atoms with van der Waals surface area (Å²) in [5, 5.41) is 16.3. The summed E-state index contributed by atoms with van der Waals surface area (Å²) in [6, 6.07) is 10.2. The van der Waals surface area contributed by atoms with Crippen LogP contribution in [0.1, 0.15) is 22.3 Å². The maximum absolute atomic E-state index is 12.2. The number of phenols is 1. The van der Waals surface area contributed by atoms with Gasteiger partial charge in [-0.1, -0.05) is 17.7 Å². The molecule has 0 bridgehead atoms. The third-order valence-corrected chi connectivity index (χ3v) is 3.75. The molecule has 1 heterocycles. The highest BCUT2D eigenvalue weighted by molar-refractivity contribution is 6.31. The van der Waals surface area contributed by atoms with Crippen LogP contribution in [0.5, 0.6) is 5.75 Å². The minimum atomic E-state index is -0.361. The van der Waals surface area contributed by atoms with Gasteiger partial charge in [-0.3, -0.25) is 4.79 Å². The van der Waals surface area contributed by atoms with Gasteiger partial charge in [-0.15, -0.1) is 0 Å². The monoisotopic (exact) mass is 302 g/mol. The van der Waals surface area contributed by atoms with Crippen LogP contribution in [-0.2, 0) is 6.42 Å². The number of hydrogen-bond donors (Lipinski definition) is 3. The number of halogens is 1. The van der Waals surface area contributed by atoms with Crippen molar-refractivity contribution in [3.63, 3.8) is 0 Å². The number of benzene rings is 2. The van der Waals surface area contributed by atoms with Crippen molar-refractivity contribution in [3.8, 4) is 5.75 Å². The summed E-state index contributed by atoms with van der Waals surface area (Å²) in [6.07, 6.45) is 2.17. The van der Waals surface area contributed by atoms with Gasteiger partial charge < -0.3 is 15.7 Å². The van der Waals surface area contributed by atoms with E-state index in [9.17, 15) is 9.90 Å². The summed E-state index contributed by atoms with van der Waals surface area (Å²) in [7, 11) is 0. The number of amides is 1. The van der Waals surface area contributed by atoms with Crippen LogP contribution in [-0.4, -0.2) is 17.6 Å². The Morgan fingerprint density at radius 3 is 2.90 bits per heavy atom. The Balaban J connectivity index is 1.81. The van der Waals surface area contributed by atoms with Crippen molar-refractivity contribution in [3.05, 3.63) is 52.5 Å². The first kappa shape index (κ1) is 13.8. The van der Waals surface area contributed by atoms with E-state index in [1.165, 1.54) is 17.7 Å². The van der Waals surface area contributed by atoms with E-state index in [1.807, 2.05) is 18.2 Å². The first-order valence-corrected chi connectivity index (χ1v) is 7.18. The fourth-order valence-electron chi connectivity index (χ4n) is 2.43. The summed E-state index contributed by atoms with van der Waals surface area (Å²) >= 11 is 5.76. The van der Waals surface area contributed by atoms with Gasteiger partial charge in [-0.05, 0) is 48.7 Å². The molecular formula is C16H15ClN2O2. The summed E-state index contributed by atoms with van der Waals surface area (Å²) in [5.41, 5.74) is 3.21. The highest BCUT2D eigenvalue weighted by atomic mass is 35.5. The van der Waals surface area contributed by atoms with Crippen LogP contribution >= 0.6 is 11.6 Å². The largest absolute Gasteiger partial charge is 0.507 e. The van der Waals surface area contributed by atoms with Gasteiger partial charge in [0.2, 0.25) is 0 Å². The predicted molar refractivity (Wildman–Crippen MR) is 84.3 cm³/mol. The topological polar surface area (TPSA) is 61.4 Å². The molecule has 5 heteroatoms. The van der Waals surface area contributed by atoms with Gasteiger partial charge >= 0.3 is 0 Å². The van der Waals surface area contributed by atoms with Gasteiger partial charge in [0.05, 0.1) is 5.56 Å². The Bertz CT molecular complexity index is 701. The van der Waals surface area contributed by atoms with Crippen molar-refractivity contribution < 1.29 is 9.90 Å². The highest BCUT2D eigenvalue weighted by Crippen LogP contribution is 2.27.